The standard InChI is InChI=1S/C69H118O18/c1-8-15-18-19-26-35-43-58(84-64(74)11-4)54(70)40-33-24-20-21-30-39-48-80-51-53(52-81-68(78)46-37-28-23-27-36-44-60(86-66(76)13-6)57(73)50-63-61(83-63)45-32-17-10-3)82-69(79)47-38-29-22-25-34-41-55(71)62(87-67(77)14-7)49-56(72)59(42-31-16-9-2)85-65(75)12-5/h11-14,53-63,70-73H,4-10,15-52H2,1-3H3. The zero-order chi connectivity index (χ0) is 64.3. The minimum atomic E-state index is -1.20. The normalized spacial score (nSPS) is 16.8. The molecule has 0 amide bonds. The third-order valence-corrected chi connectivity index (χ3v) is 15.9. The highest BCUT2D eigenvalue weighted by Gasteiger charge is 2.41. The van der Waals surface area contributed by atoms with Crippen molar-refractivity contribution in [3.63, 3.8) is 0 Å². The summed E-state index contributed by atoms with van der Waals surface area (Å²) in [6.07, 6.45) is 25.5. The molecule has 1 aliphatic heterocycles. The first-order valence-electron chi connectivity index (χ1n) is 33.7. The van der Waals surface area contributed by atoms with Crippen LogP contribution in [0.4, 0.5) is 0 Å². The van der Waals surface area contributed by atoms with Crippen LogP contribution >= 0.6 is 0 Å². The van der Waals surface area contributed by atoms with Gasteiger partial charge in [-0.15, -0.1) is 0 Å². The van der Waals surface area contributed by atoms with Crippen molar-refractivity contribution in [3.05, 3.63) is 50.6 Å². The molecule has 0 radical (unpaired) electrons. The minimum absolute atomic E-state index is 0.0169. The molecular weight excluding hydrogens is 1120 g/mol. The van der Waals surface area contributed by atoms with Crippen LogP contribution in [0.15, 0.2) is 50.6 Å². The summed E-state index contributed by atoms with van der Waals surface area (Å²) in [5.41, 5.74) is 0. The van der Waals surface area contributed by atoms with Gasteiger partial charge in [0.1, 0.15) is 31.0 Å². The van der Waals surface area contributed by atoms with Crippen molar-refractivity contribution < 1.29 is 87.1 Å². The quantitative estimate of drug-likeness (QED) is 0.0145. The summed E-state index contributed by atoms with van der Waals surface area (Å²) < 4.78 is 45.0. The SMILES string of the molecule is C=CC(=O)OC(CCCCCCCC)C(O)CCCCCCCCOCC(COC(=O)CCCCCCCC(OC(=O)C=C)C(O)CC1OC1CCCCC)OC(=O)CCCCCCCC(O)C(CC(O)C(CCCCC)OC(=O)C=C)OC(=O)C=C. The van der Waals surface area contributed by atoms with Crippen LogP contribution in [0.25, 0.3) is 0 Å². The highest BCUT2D eigenvalue weighted by molar-refractivity contribution is 5.82. The minimum Gasteiger partial charge on any atom is -0.462 e. The van der Waals surface area contributed by atoms with Gasteiger partial charge in [0.2, 0.25) is 0 Å². The van der Waals surface area contributed by atoms with Gasteiger partial charge in [0.05, 0.1) is 43.2 Å². The molecule has 0 aromatic rings. The summed E-state index contributed by atoms with van der Waals surface area (Å²) in [6, 6.07) is 0. The second-order valence-corrected chi connectivity index (χ2v) is 23.6. The number of aliphatic hydroxyl groups is 4. The van der Waals surface area contributed by atoms with Crippen LogP contribution in [0.2, 0.25) is 0 Å². The van der Waals surface area contributed by atoms with E-state index in [0.29, 0.717) is 77.2 Å². The van der Waals surface area contributed by atoms with Crippen LogP contribution in [0.5, 0.6) is 0 Å². The van der Waals surface area contributed by atoms with Crippen LogP contribution < -0.4 is 0 Å². The average Bonchev–Trinajstić information content (AvgIpc) is 3.57. The monoisotopic (exact) mass is 1230 g/mol. The fraction of sp³-hybridized carbons (Fsp3) is 0.797. The van der Waals surface area contributed by atoms with Gasteiger partial charge in [-0.2, -0.15) is 0 Å². The molecule has 11 atom stereocenters. The highest BCUT2D eigenvalue weighted by Crippen LogP contribution is 2.33. The van der Waals surface area contributed by atoms with Gasteiger partial charge < -0.3 is 58.3 Å². The molecule has 0 bridgehead atoms. The molecule has 0 spiro atoms. The summed E-state index contributed by atoms with van der Waals surface area (Å²) in [5.74, 6) is -3.35. The second-order valence-electron chi connectivity index (χ2n) is 23.6. The molecule has 1 aliphatic rings. The molecule has 0 aromatic heterocycles. The molecular formula is C69H118O18. The Balaban J connectivity index is 2.70. The maximum Gasteiger partial charge on any atom is 0.330 e. The van der Waals surface area contributed by atoms with E-state index in [1.54, 1.807) is 0 Å². The summed E-state index contributed by atoms with van der Waals surface area (Å²) in [5, 5.41) is 44.0. The number of epoxide rings is 1. The molecule has 502 valence electrons. The first-order valence-corrected chi connectivity index (χ1v) is 33.7. The van der Waals surface area contributed by atoms with Gasteiger partial charge >= 0.3 is 35.8 Å². The predicted molar refractivity (Wildman–Crippen MR) is 337 cm³/mol. The van der Waals surface area contributed by atoms with Gasteiger partial charge in [-0.05, 0) is 77.0 Å². The molecule has 1 rings (SSSR count). The maximum absolute atomic E-state index is 13.1. The smallest absolute Gasteiger partial charge is 0.330 e. The lowest BCUT2D eigenvalue weighted by molar-refractivity contribution is -0.163. The Labute approximate surface area is 523 Å². The van der Waals surface area contributed by atoms with E-state index >= 15 is 0 Å². The first-order chi connectivity index (χ1) is 42.0. The number of rotatable bonds is 61. The van der Waals surface area contributed by atoms with Crippen LogP contribution in [0, 0.1) is 0 Å². The van der Waals surface area contributed by atoms with Crippen molar-refractivity contribution in [2.45, 2.75) is 332 Å². The Morgan fingerprint density at radius 1 is 0.402 bits per heavy atom. The van der Waals surface area contributed by atoms with E-state index in [1.165, 1.54) is 19.3 Å². The van der Waals surface area contributed by atoms with Gasteiger partial charge in [-0.25, -0.2) is 19.2 Å². The fourth-order valence-corrected chi connectivity index (χ4v) is 10.6. The molecule has 1 saturated heterocycles. The van der Waals surface area contributed by atoms with E-state index < -0.39 is 90.8 Å². The molecule has 4 N–H and O–H groups in total. The van der Waals surface area contributed by atoms with E-state index in [4.69, 9.17) is 37.9 Å². The third-order valence-electron chi connectivity index (χ3n) is 15.9. The van der Waals surface area contributed by atoms with Gasteiger partial charge in [0.15, 0.2) is 6.10 Å². The lowest BCUT2D eigenvalue weighted by atomic mass is 9.96. The van der Waals surface area contributed by atoms with Gasteiger partial charge in [-0.1, -0.05) is 188 Å². The molecule has 0 aliphatic carbocycles. The number of ether oxygens (including phenoxy) is 8. The van der Waals surface area contributed by atoms with Crippen molar-refractivity contribution in [1.29, 1.82) is 0 Å². The van der Waals surface area contributed by atoms with Crippen molar-refractivity contribution in [1.82, 2.24) is 0 Å². The van der Waals surface area contributed by atoms with Crippen LogP contribution in [0.3, 0.4) is 0 Å². The highest BCUT2D eigenvalue weighted by atomic mass is 16.6. The van der Waals surface area contributed by atoms with E-state index in [2.05, 4.69) is 40.2 Å². The largest absolute Gasteiger partial charge is 0.462 e. The second kappa shape index (κ2) is 53.4. The van der Waals surface area contributed by atoms with Crippen LogP contribution in [0.1, 0.15) is 265 Å². The molecule has 18 heteroatoms. The van der Waals surface area contributed by atoms with Crippen molar-refractivity contribution in [3.8, 4) is 0 Å². The molecule has 1 heterocycles. The molecule has 1 fully saturated rings. The maximum atomic E-state index is 13.1. The van der Waals surface area contributed by atoms with Crippen LogP contribution in [-0.2, 0) is 66.7 Å². The van der Waals surface area contributed by atoms with E-state index in [0.717, 1.165) is 153 Å². The van der Waals surface area contributed by atoms with E-state index in [9.17, 15) is 49.2 Å². The Bertz CT molecular complexity index is 1860. The third kappa shape index (κ3) is 43.0. The predicted octanol–water partition coefficient (Wildman–Crippen LogP) is 12.9. The van der Waals surface area contributed by atoms with Gasteiger partial charge in [-0.3, -0.25) is 9.59 Å². The van der Waals surface area contributed by atoms with Gasteiger partial charge in [0.25, 0.3) is 0 Å². The number of carbonyl (C=O) groups is 6. The number of unbranched alkanes of at least 4 members (excludes halogenated alkanes) is 22. The lowest BCUT2D eigenvalue weighted by Crippen LogP contribution is -2.39. The lowest BCUT2D eigenvalue weighted by Gasteiger charge is -2.29. The topological polar surface area (TPSA) is 260 Å². The number of carbonyl (C=O) groups excluding carboxylic acids is 6. The Morgan fingerprint density at radius 3 is 1.29 bits per heavy atom. The fourth-order valence-electron chi connectivity index (χ4n) is 10.6. The Hall–Kier alpha value is -4.46. The zero-order valence-electron chi connectivity index (χ0n) is 54.0. The Kier molecular flexibility index (Phi) is 49.4. The van der Waals surface area contributed by atoms with E-state index in [1.807, 2.05) is 6.92 Å². The van der Waals surface area contributed by atoms with Crippen molar-refractivity contribution in [2.24, 2.45) is 0 Å². The van der Waals surface area contributed by atoms with Gasteiger partial charge in [0, 0.05) is 56.6 Å². The molecule has 0 aromatic carbocycles. The summed E-state index contributed by atoms with van der Waals surface area (Å²) in [4.78, 5) is 74.4. The van der Waals surface area contributed by atoms with Crippen molar-refractivity contribution >= 4 is 35.8 Å². The summed E-state index contributed by atoms with van der Waals surface area (Å²) in [7, 11) is 0. The number of hydrogen-bond donors (Lipinski definition) is 4. The van der Waals surface area contributed by atoms with Crippen LogP contribution in [-0.4, -0.2) is 143 Å². The number of esters is 6. The molecule has 0 saturated carbocycles. The summed E-state index contributed by atoms with van der Waals surface area (Å²) in [6.45, 7) is 20.6. The number of hydrogen-bond acceptors (Lipinski definition) is 18. The Morgan fingerprint density at radius 2 is 0.782 bits per heavy atom. The molecule has 18 nitrogen and oxygen atoms in total. The molecule has 11 unspecified atom stereocenters. The first kappa shape index (κ1) is 80.6. The van der Waals surface area contributed by atoms with Crippen molar-refractivity contribution in [2.75, 3.05) is 19.8 Å². The molecule has 87 heavy (non-hydrogen) atoms. The van der Waals surface area contributed by atoms with E-state index in [-0.39, 0.29) is 51.1 Å². The number of aliphatic hydroxyl groups excluding tert-OH is 4. The average molecular weight is 1240 g/mol. The summed E-state index contributed by atoms with van der Waals surface area (Å²) >= 11 is 0. The zero-order valence-corrected chi connectivity index (χ0v) is 54.0.